The van der Waals surface area contributed by atoms with Gasteiger partial charge in [-0.3, -0.25) is 14.4 Å². The lowest BCUT2D eigenvalue weighted by Gasteiger charge is -2.47. The number of hydrogen-bond donors (Lipinski definition) is 2. The third-order valence-corrected chi connectivity index (χ3v) is 13.4. The van der Waals surface area contributed by atoms with E-state index in [1.54, 1.807) is 4.90 Å². The number of rotatable bonds is 8. The zero-order valence-electron chi connectivity index (χ0n) is 33.1. The fourth-order valence-corrected chi connectivity index (χ4v) is 10.0. The summed E-state index contributed by atoms with van der Waals surface area (Å²) in [5.74, 6) is 3.16. The lowest BCUT2D eigenvalue weighted by Crippen LogP contribution is -2.56. The van der Waals surface area contributed by atoms with E-state index in [0.29, 0.717) is 54.2 Å². The van der Waals surface area contributed by atoms with Gasteiger partial charge < -0.3 is 30.5 Å². The van der Waals surface area contributed by atoms with E-state index in [0.717, 1.165) is 110 Å². The molecule has 59 heavy (non-hydrogen) atoms. The molecule has 1 unspecified atom stereocenters. The topological polar surface area (TPSA) is 152 Å². The van der Waals surface area contributed by atoms with E-state index in [2.05, 4.69) is 43.8 Å². The van der Waals surface area contributed by atoms with Gasteiger partial charge in [0.05, 0.1) is 11.4 Å². The molecule has 6 heterocycles. The van der Waals surface area contributed by atoms with E-state index in [-0.39, 0.29) is 23.8 Å². The number of carbonyl (C=O) groups excluding carboxylic acids is 3. The smallest absolute Gasteiger partial charge is 0.255 e. The number of allylic oxidation sites excluding steroid dienone is 1. The molecule has 5 aliphatic rings. The van der Waals surface area contributed by atoms with Crippen LogP contribution in [0.1, 0.15) is 73.3 Å². The lowest BCUT2D eigenvalue weighted by molar-refractivity contribution is -0.145. The van der Waals surface area contributed by atoms with Crippen molar-refractivity contribution in [2.75, 3.05) is 36.8 Å². The minimum atomic E-state index is -0.451. The minimum Gasteiger partial charge on any atom is -0.457 e. The molecule has 3 amide bonds. The van der Waals surface area contributed by atoms with Crippen molar-refractivity contribution < 1.29 is 19.1 Å². The molecule has 13 nitrogen and oxygen atoms in total. The summed E-state index contributed by atoms with van der Waals surface area (Å²) in [5.41, 5.74) is 12.4. The monoisotopic (exact) mass is 791 g/mol. The van der Waals surface area contributed by atoms with Crippen LogP contribution in [0, 0.1) is 17.8 Å². The maximum absolute atomic E-state index is 13.7. The molecule has 3 saturated heterocycles. The highest BCUT2D eigenvalue weighted by atomic mass is 16.5. The Balaban J connectivity index is 0.717. The fraction of sp³-hybridized carbons (Fsp3) is 0.391. The van der Waals surface area contributed by atoms with Crippen LogP contribution >= 0.6 is 0 Å². The molecule has 3 aromatic carbocycles. The Morgan fingerprint density at radius 2 is 1.59 bits per heavy atom. The van der Waals surface area contributed by atoms with Crippen molar-refractivity contribution in [2.24, 2.45) is 17.8 Å². The van der Waals surface area contributed by atoms with Crippen molar-refractivity contribution in [3.63, 3.8) is 0 Å². The third kappa shape index (κ3) is 6.95. The number of nitrogens with two attached hydrogens (primary N) is 1. The quantitative estimate of drug-likeness (QED) is 0.175. The molecule has 1 atom stereocenters. The van der Waals surface area contributed by atoms with E-state index >= 15 is 0 Å². The SMILES string of the molecule is C=C1CCC(N2Cc3cc(N4CCC(C5CN(C(=O)C6CCC(n7nc(-c8ccc(Oc9ccccc9)cc8)c8c(N)ncnc87)CC6)C5)CC4)ccc3C2=O)C(=O)N1. The summed E-state index contributed by atoms with van der Waals surface area (Å²) in [4.78, 5) is 54.8. The lowest BCUT2D eigenvalue weighted by atomic mass is 9.78. The van der Waals surface area contributed by atoms with Gasteiger partial charge in [0.15, 0.2) is 5.65 Å². The van der Waals surface area contributed by atoms with E-state index < -0.39 is 6.04 Å². The molecule has 4 fully saturated rings. The highest BCUT2D eigenvalue weighted by Gasteiger charge is 2.42. The first-order valence-corrected chi connectivity index (χ1v) is 21.1. The van der Waals surface area contributed by atoms with Crippen LogP contribution in [0.4, 0.5) is 11.5 Å². The third-order valence-electron chi connectivity index (χ3n) is 13.4. The predicted octanol–water partition coefficient (Wildman–Crippen LogP) is 6.72. The first-order valence-electron chi connectivity index (χ1n) is 21.1. The second kappa shape index (κ2) is 15.2. The molecule has 13 heteroatoms. The van der Waals surface area contributed by atoms with E-state index in [9.17, 15) is 14.4 Å². The van der Waals surface area contributed by atoms with Gasteiger partial charge in [0.2, 0.25) is 11.8 Å². The van der Waals surface area contributed by atoms with Crippen LogP contribution in [-0.4, -0.2) is 79.5 Å². The second-order valence-electron chi connectivity index (χ2n) is 16.9. The van der Waals surface area contributed by atoms with Crippen LogP contribution in [0.3, 0.4) is 0 Å². The van der Waals surface area contributed by atoms with Gasteiger partial charge in [0.1, 0.15) is 35.4 Å². The van der Waals surface area contributed by atoms with Gasteiger partial charge in [0.25, 0.3) is 5.91 Å². The van der Waals surface area contributed by atoms with Crippen molar-refractivity contribution >= 4 is 40.3 Å². The molecule has 1 aliphatic carbocycles. The Morgan fingerprint density at radius 3 is 2.34 bits per heavy atom. The molecule has 0 bridgehead atoms. The number of carbonyl (C=O) groups is 3. The molecule has 302 valence electrons. The number of amides is 3. The molecule has 2 aromatic heterocycles. The highest BCUT2D eigenvalue weighted by molar-refractivity contribution is 6.02. The maximum Gasteiger partial charge on any atom is 0.255 e. The van der Waals surface area contributed by atoms with Crippen molar-refractivity contribution in [2.45, 2.75) is 70.0 Å². The Kier molecular flexibility index (Phi) is 9.53. The summed E-state index contributed by atoms with van der Waals surface area (Å²) in [7, 11) is 0. The number of benzene rings is 3. The van der Waals surface area contributed by atoms with Gasteiger partial charge in [-0.25, -0.2) is 14.6 Å². The maximum atomic E-state index is 13.7. The number of hydrogen-bond acceptors (Lipinski definition) is 9. The summed E-state index contributed by atoms with van der Waals surface area (Å²) in [6, 6.07) is 23.3. The number of nitrogens with zero attached hydrogens (tertiary/aromatic N) is 7. The second-order valence-corrected chi connectivity index (χ2v) is 16.9. The molecule has 5 aromatic rings. The van der Waals surface area contributed by atoms with Crippen LogP contribution in [0.5, 0.6) is 11.5 Å². The number of nitrogen functional groups attached to an aromatic ring is 1. The number of ether oxygens (including phenoxy) is 1. The van der Waals surface area contributed by atoms with Crippen LogP contribution in [0.25, 0.3) is 22.3 Å². The van der Waals surface area contributed by atoms with Crippen molar-refractivity contribution in [3.05, 3.63) is 103 Å². The van der Waals surface area contributed by atoms with Gasteiger partial charge in [-0.05, 0) is 123 Å². The van der Waals surface area contributed by atoms with Crippen LogP contribution in [0.2, 0.25) is 0 Å². The van der Waals surface area contributed by atoms with E-state index in [1.165, 1.54) is 6.33 Å². The Labute approximate surface area is 343 Å². The average molecular weight is 792 g/mol. The molecule has 4 aliphatic heterocycles. The number of anilines is 2. The molecule has 0 spiro atoms. The largest absolute Gasteiger partial charge is 0.457 e. The molecular formula is C46H49N9O4. The Hall–Kier alpha value is -6.24. The number of aromatic nitrogens is 4. The fourth-order valence-electron chi connectivity index (χ4n) is 10.0. The number of fused-ring (bicyclic) bond motifs is 2. The van der Waals surface area contributed by atoms with Crippen molar-refractivity contribution in [1.82, 2.24) is 34.9 Å². The van der Waals surface area contributed by atoms with Gasteiger partial charge in [-0.2, -0.15) is 5.10 Å². The Bertz CT molecular complexity index is 2430. The van der Waals surface area contributed by atoms with Crippen molar-refractivity contribution in [1.29, 1.82) is 0 Å². The molecule has 3 N–H and O–H groups in total. The van der Waals surface area contributed by atoms with Crippen molar-refractivity contribution in [3.8, 4) is 22.8 Å². The Morgan fingerprint density at radius 1 is 0.847 bits per heavy atom. The first kappa shape index (κ1) is 37.1. The van der Waals surface area contributed by atoms with Gasteiger partial charge in [-0.1, -0.05) is 24.8 Å². The summed E-state index contributed by atoms with van der Waals surface area (Å²) in [5, 5.41) is 8.65. The number of para-hydroxylation sites is 1. The molecule has 0 radical (unpaired) electrons. The van der Waals surface area contributed by atoms with E-state index in [4.69, 9.17) is 15.6 Å². The highest BCUT2D eigenvalue weighted by Crippen LogP contribution is 2.41. The van der Waals surface area contributed by atoms with Crippen LogP contribution in [-0.2, 0) is 16.1 Å². The standard InChI is InChI=1S/C46H49N9O4/c1-28-7-18-39(44(56)50-28)54-26-32-23-35(14-17-38(32)46(54)58)52-21-19-29(20-22-52)33-24-53(25-33)45(57)31-8-12-34(13-9-31)55-43-40(42(47)48-27-49-43)41(51-55)30-10-15-37(16-11-30)59-36-5-3-2-4-6-36/h2-6,10-11,14-17,23,27,29,31,33-34,39H,1,7-9,12-13,18-22,24-26H2,(H,50,56)(H2,47,48,49). The summed E-state index contributed by atoms with van der Waals surface area (Å²) in [6.07, 6.45) is 8.30. The summed E-state index contributed by atoms with van der Waals surface area (Å²) in [6.45, 7) is 7.94. The molecular weight excluding hydrogens is 743 g/mol. The van der Waals surface area contributed by atoms with E-state index in [1.807, 2.05) is 65.3 Å². The summed E-state index contributed by atoms with van der Waals surface area (Å²) < 4.78 is 8.01. The number of likely N-dealkylation sites (tertiary alicyclic amines) is 1. The first-order chi connectivity index (χ1) is 28.8. The van der Waals surface area contributed by atoms with Gasteiger partial charge >= 0.3 is 0 Å². The summed E-state index contributed by atoms with van der Waals surface area (Å²) >= 11 is 0. The number of piperidine rings is 2. The van der Waals surface area contributed by atoms with Gasteiger partial charge in [-0.15, -0.1) is 0 Å². The zero-order chi connectivity index (χ0) is 40.2. The molecule has 10 rings (SSSR count). The predicted molar refractivity (Wildman–Crippen MR) is 224 cm³/mol. The number of nitrogens with one attached hydrogen (secondary N) is 1. The van der Waals surface area contributed by atoms with Gasteiger partial charge in [0, 0.05) is 61.2 Å². The minimum absolute atomic E-state index is 0.0294. The molecule has 1 saturated carbocycles. The average Bonchev–Trinajstić information content (AvgIpc) is 3.79. The normalized spacial score (nSPS) is 22.7. The zero-order valence-corrected chi connectivity index (χ0v) is 33.1. The van der Waals surface area contributed by atoms with Crippen LogP contribution in [0.15, 0.2) is 91.4 Å². The van der Waals surface area contributed by atoms with Crippen LogP contribution < -0.4 is 20.7 Å².